The largest absolute Gasteiger partial charge is 0.0654 e. The van der Waals surface area contributed by atoms with Crippen LogP contribution < -0.4 is 0 Å². The summed E-state index contributed by atoms with van der Waals surface area (Å²) in [4.78, 5) is 0. The summed E-state index contributed by atoms with van der Waals surface area (Å²) in [5, 5.41) is 0. The van der Waals surface area contributed by atoms with Crippen LogP contribution in [0, 0.1) is 17.3 Å². The van der Waals surface area contributed by atoms with Crippen molar-refractivity contribution in [1.82, 2.24) is 0 Å². The Bertz CT molecular complexity index is 124. The zero-order valence-corrected chi connectivity index (χ0v) is 10.5. The molecule has 0 saturated heterocycles. The zero-order chi connectivity index (χ0) is 10.5. The first-order chi connectivity index (χ1) is 5.95. The predicted octanol–water partition coefficient (Wildman–Crippen LogP) is 4.89. The third-order valence-electron chi connectivity index (χ3n) is 3.72. The van der Waals surface area contributed by atoms with Crippen LogP contribution in [0.5, 0.6) is 0 Å². The first-order valence-corrected chi connectivity index (χ1v) is 5.95. The molecule has 0 N–H and O–H groups in total. The van der Waals surface area contributed by atoms with E-state index in [2.05, 4.69) is 41.5 Å². The molecule has 0 nitrogen and oxygen atoms in total. The summed E-state index contributed by atoms with van der Waals surface area (Å²) < 4.78 is 0. The van der Waals surface area contributed by atoms with Crippen LogP contribution in [-0.2, 0) is 0 Å². The smallest absolute Gasteiger partial charge is 0.0326 e. The molecule has 0 radical (unpaired) electrons. The summed E-state index contributed by atoms with van der Waals surface area (Å²) >= 11 is 0. The van der Waals surface area contributed by atoms with Gasteiger partial charge < -0.3 is 0 Å². The highest BCUT2D eigenvalue weighted by Crippen LogP contribution is 2.37. The molecule has 80 valence electrons. The molecular weight excluding hydrogens is 156 g/mol. The summed E-state index contributed by atoms with van der Waals surface area (Å²) in [5.41, 5.74) is 0.531. The summed E-state index contributed by atoms with van der Waals surface area (Å²) in [6, 6.07) is 0. The quantitative estimate of drug-likeness (QED) is 0.551. The average molecular weight is 184 g/mol. The van der Waals surface area contributed by atoms with Crippen LogP contribution in [0.2, 0.25) is 0 Å². The Morgan fingerprint density at radius 1 is 1.00 bits per heavy atom. The monoisotopic (exact) mass is 184 g/mol. The molecule has 13 heavy (non-hydrogen) atoms. The molecule has 0 aliphatic carbocycles. The van der Waals surface area contributed by atoms with Crippen LogP contribution in [0.25, 0.3) is 0 Å². The van der Waals surface area contributed by atoms with Crippen molar-refractivity contribution in [3.63, 3.8) is 0 Å². The fraction of sp³-hybridized carbons (Fsp3) is 1.00. The highest BCUT2D eigenvalue weighted by molar-refractivity contribution is 4.78. The van der Waals surface area contributed by atoms with Gasteiger partial charge >= 0.3 is 0 Å². The molecular formula is C13H28. The van der Waals surface area contributed by atoms with Crippen molar-refractivity contribution in [2.24, 2.45) is 17.3 Å². The van der Waals surface area contributed by atoms with Gasteiger partial charge in [0.2, 0.25) is 0 Å². The van der Waals surface area contributed by atoms with Crippen molar-refractivity contribution in [2.75, 3.05) is 0 Å². The van der Waals surface area contributed by atoms with Crippen LogP contribution in [0.4, 0.5) is 0 Å². The molecule has 0 spiro atoms. The van der Waals surface area contributed by atoms with Gasteiger partial charge in [-0.2, -0.15) is 0 Å². The molecule has 2 unspecified atom stereocenters. The molecule has 0 saturated carbocycles. The third-order valence-corrected chi connectivity index (χ3v) is 3.72. The van der Waals surface area contributed by atoms with Crippen molar-refractivity contribution < 1.29 is 0 Å². The van der Waals surface area contributed by atoms with Crippen LogP contribution in [0.3, 0.4) is 0 Å². The second kappa shape index (κ2) is 5.67. The van der Waals surface area contributed by atoms with E-state index in [-0.39, 0.29) is 0 Å². The maximum absolute atomic E-state index is 2.43. The van der Waals surface area contributed by atoms with Crippen LogP contribution >= 0.6 is 0 Å². The molecule has 0 rings (SSSR count). The lowest BCUT2D eigenvalue weighted by Gasteiger charge is -2.36. The van der Waals surface area contributed by atoms with Crippen molar-refractivity contribution in [2.45, 2.75) is 67.2 Å². The molecule has 0 aromatic carbocycles. The molecule has 0 fully saturated rings. The number of hydrogen-bond acceptors (Lipinski definition) is 0. The van der Waals surface area contributed by atoms with E-state index >= 15 is 0 Å². The summed E-state index contributed by atoms with van der Waals surface area (Å²) in [6.45, 7) is 14.3. The number of hydrogen-bond donors (Lipinski definition) is 0. The minimum absolute atomic E-state index is 0.531. The van der Waals surface area contributed by atoms with Gasteiger partial charge in [-0.25, -0.2) is 0 Å². The molecule has 2 atom stereocenters. The minimum Gasteiger partial charge on any atom is -0.0654 e. The van der Waals surface area contributed by atoms with Crippen LogP contribution in [-0.4, -0.2) is 0 Å². The Morgan fingerprint density at radius 2 is 1.54 bits per heavy atom. The Balaban J connectivity index is 4.12. The molecule has 0 aromatic rings. The zero-order valence-electron chi connectivity index (χ0n) is 10.5. The first-order valence-electron chi connectivity index (χ1n) is 5.95. The normalized spacial score (nSPS) is 17.1. The van der Waals surface area contributed by atoms with Gasteiger partial charge in [-0.1, -0.05) is 60.8 Å². The fourth-order valence-electron chi connectivity index (χ4n) is 2.35. The van der Waals surface area contributed by atoms with E-state index in [0.29, 0.717) is 5.41 Å². The average Bonchev–Trinajstić information content (AvgIpc) is 2.03. The van der Waals surface area contributed by atoms with E-state index in [1.165, 1.54) is 25.7 Å². The SMILES string of the molecule is CCCC(C)C(C)C(C)(C)CCC. The van der Waals surface area contributed by atoms with E-state index in [1.807, 2.05) is 0 Å². The first kappa shape index (κ1) is 13.0. The Morgan fingerprint density at radius 3 is 1.92 bits per heavy atom. The van der Waals surface area contributed by atoms with Gasteiger partial charge in [0.25, 0.3) is 0 Å². The maximum atomic E-state index is 2.43. The van der Waals surface area contributed by atoms with Gasteiger partial charge in [0.15, 0.2) is 0 Å². The van der Waals surface area contributed by atoms with E-state index in [0.717, 1.165) is 11.8 Å². The molecule has 0 amide bonds. The van der Waals surface area contributed by atoms with Gasteiger partial charge in [-0.3, -0.25) is 0 Å². The summed E-state index contributed by atoms with van der Waals surface area (Å²) in [6.07, 6.45) is 5.39. The van der Waals surface area contributed by atoms with Crippen molar-refractivity contribution >= 4 is 0 Å². The predicted molar refractivity (Wildman–Crippen MR) is 61.9 cm³/mol. The van der Waals surface area contributed by atoms with Gasteiger partial charge in [0.1, 0.15) is 0 Å². The van der Waals surface area contributed by atoms with Crippen LogP contribution in [0.15, 0.2) is 0 Å². The van der Waals surface area contributed by atoms with Gasteiger partial charge in [-0.15, -0.1) is 0 Å². The Hall–Kier alpha value is 0. The van der Waals surface area contributed by atoms with E-state index < -0.39 is 0 Å². The van der Waals surface area contributed by atoms with Crippen molar-refractivity contribution in [3.8, 4) is 0 Å². The second-order valence-corrected chi connectivity index (χ2v) is 5.29. The highest BCUT2D eigenvalue weighted by atomic mass is 14.3. The molecule has 0 bridgehead atoms. The lowest BCUT2D eigenvalue weighted by atomic mass is 9.70. The van der Waals surface area contributed by atoms with Crippen molar-refractivity contribution in [1.29, 1.82) is 0 Å². The lowest BCUT2D eigenvalue weighted by Crippen LogP contribution is -2.26. The molecule has 0 aromatic heterocycles. The second-order valence-electron chi connectivity index (χ2n) is 5.29. The highest BCUT2D eigenvalue weighted by Gasteiger charge is 2.28. The third kappa shape index (κ3) is 4.15. The molecule has 0 aliphatic rings. The van der Waals surface area contributed by atoms with E-state index in [1.54, 1.807) is 0 Å². The number of rotatable bonds is 6. The molecule has 0 heteroatoms. The molecule has 0 aliphatic heterocycles. The minimum atomic E-state index is 0.531. The van der Waals surface area contributed by atoms with Crippen molar-refractivity contribution in [3.05, 3.63) is 0 Å². The van der Waals surface area contributed by atoms with E-state index in [4.69, 9.17) is 0 Å². The van der Waals surface area contributed by atoms with Gasteiger partial charge in [0, 0.05) is 0 Å². The standard InChI is InChI=1S/C13H28/c1-7-9-11(3)12(4)13(5,6)10-8-2/h11-12H,7-10H2,1-6H3. The maximum Gasteiger partial charge on any atom is -0.0326 e. The summed E-state index contributed by atoms with van der Waals surface area (Å²) in [7, 11) is 0. The molecule has 0 heterocycles. The fourth-order valence-corrected chi connectivity index (χ4v) is 2.35. The van der Waals surface area contributed by atoms with Gasteiger partial charge in [0.05, 0.1) is 0 Å². The van der Waals surface area contributed by atoms with E-state index in [9.17, 15) is 0 Å². The van der Waals surface area contributed by atoms with Gasteiger partial charge in [-0.05, 0) is 23.7 Å². The Kier molecular flexibility index (Phi) is 5.67. The summed E-state index contributed by atoms with van der Waals surface area (Å²) in [5.74, 6) is 1.74. The lowest BCUT2D eigenvalue weighted by molar-refractivity contribution is 0.144. The van der Waals surface area contributed by atoms with Crippen LogP contribution in [0.1, 0.15) is 67.2 Å². The Labute approximate surface area is 85.1 Å². The topological polar surface area (TPSA) is 0 Å².